The molecule has 2 aliphatic rings. The first-order valence-electron chi connectivity index (χ1n) is 9.37. The first-order chi connectivity index (χ1) is 12.4. The lowest BCUT2D eigenvalue weighted by molar-refractivity contribution is -0.141. The number of aliphatic carboxylic acids is 1. The topological polar surface area (TPSA) is 86.7 Å². The van der Waals surface area contributed by atoms with E-state index in [1.807, 2.05) is 4.90 Å². The molecule has 2 fully saturated rings. The van der Waals surface area contributed by atoms with Gasteiger partial charge in [-0.3, -0.25) is 14.4 Å². The van der Waals surface area contributed by atoms with Crippen LogP contribution >= 0.6 is 0 Å². The highest BCUT2D eigenvalue weighted by atomic mass is 16.4. The molecule has 6 heteroatoms. The van der Waals surface area contributed by atoms with E-state index in [9.17, 15) is 14.4 Å². The van der Waals surface area contributed by atoms with Gasteiger partial charge < -0.3 is 15.3 Å². The van der Waals surface area contributed by atoms with E-state index in [2.05, 4.69) is 12.2 Å². The van der Waals surface area contributed by atoms with Gasteiger partial charge in [-0.05, 0) is 62.3 Å². The van der Waals surface area contributed by atoms with Crippen LogP contribution in [-0.4, -0.2) is 40.9 Å². The number of nitrogens with zero attached hydrogens (tertiary/aromatic N) is 1. The standard InChI is InChI=1S/C20H26N2O4/c1-13-8-10-22(11-9-13)19(24)14-4-6-17(7-5-14)21-18(23)15-2-3-16(12-15)20(25)26/h4-7,13,15-16H,2-3,8-12H2,1H3,(H,21,23)(H,25,26)/t15-,16+/m1/s1. The number of amides is 2. The zero-order chi connectivity index (χ0) is 18.7. The summed E-state index contributed by atoms with van der Waals surface area (Å²) in [6, 6.07) is 6.96. The Morgan fingerprint density at radius 3 is 2.19 bits per heavy atom. The number of nitrogens with one attached hydrogen (secondary N) is 1. The lowest BCUT2D eigenvalue weighted by atomic mass is 9.98. The normalized spacial score (nSPS) is 23.7. The lowest BCUT2D eigenvalue weighted by Crippen LogP contribution is -2.37. The van der Waals surface area contributed by atoms with Crippen LogP contribution in [0.2, 0.25) is 0 Å². The Morgan fingerprint density at radius 2 is 1.62 bits per heavy atom. The van der Waals surface area contributed by atoms with Crippen molar-refractivity contribution in [1.82, 2.24) is 4.90 Å². The Hall–Kier alpha value is -2.37. The van der Waals surface area contributed by atoms with Crippen LogP contribution in [-0.2, 0) is 9.59 Å². The Morgan fingerprint density at radius 1 is 1.00 bits per heavy atom. The molecule has 2 amide bonds. The minimum absolute atomic E-state index is 0.0369. The van der Waals surface area contributed by atoms with Crippen LogP contribution in [0.3, 0.4) is 0 Å². The minimum atomic E-state index is -0.824. The number of rotatable bonds is 4. The Labute approximate surface area is 153 Å². The molecule has 1 aromatic rings. The van der Waals surface area contributed by atoms with E-state index in [0.29, 0.717) is 36.4 Å². The number of anilines is 1. The molecule has 2 N–H and O–H groups in total. The molecule has 2 atom stereocenters. The summed E-state index contributed by atoms with van der Waals surface area (Å²) in [6.45, 7) is 3.80. The summed E-state index contributed by atoms with van der Waals surface area (Å²) < 4.78 is 0. The molecule has 1 heterocycles. The van der Waals surface area contributed by atoms with Crippen molar-refractivity contribution in [2.75, 3.05) is 18.4 Å². The molecule has 0 spiro atoms. The average molecular weight is 358 g/mol. The fourth-order valence-electron chi connectivity index (χ4n) is 3.78. The maximum atomic E-state index is 12.5. The summed E-state index contributed by atoms with van der Waals surface area (Å²) in [5, 5.41) is 11.9. The summed E-state index contributed by atoms with van der Waals surface area (Å²) in [4.78, 5) is 37.7. The van der Waals surface area contributed by atoms with E-state index in [0.717, 1.165) is 25.9 Å². The molecule has 0 unspecified atom stereocenters. The van der Waals surface area contributed by atoms with Crippen molar-refractivity contribution in [1.29, 1.82) is 0 Å². The van der Waals surface area contributed by atoms with Gasteiger partial charge in [-0.2, -0.15) is 0 Å². The van der Waals surface area contributed by atoms with Crippen LogP contribution in [0.4, 0.5) is 5.69 Å². The van der Waals surface area contributed by atoms with Crippen molar-refractivity contribution in [2.24, 2.45) is 17.8 Å². The van der Waals surface area contributed by atoms with Gasteiger partial charge in [0.1, 0.15) is 0 Å². The first-order valence-corrected chi connectivity index (χ1v) is 9.37. The highest BCUT2D eigenvalue weighted by molar-refractivity contribution is 5.96. The van der Waals surface area contributed by atoms with Crippen LogP contribution in [0, 0.1) is 17.8 Å². The zero-order valence-electron chi connectivity index (χ0n) is 15.1. The van der Waals surface area contributed by atoms with Gasteiger partial charge in [0.2, 0.25) is 5.91 Å². The van der Waals surface area contributed by atoms with Gasteiger partial charge in [-0.15, -0.1) is 0 Å². The fourth-order valence-corrected chi connectivity index (χ4v) is 3.78. The van der Waals surface area contributed by atoms with Gasteiger partial charge in [-0.1, -0.05) is 6.92 Å². The molecule has 3 rings (SSSR count). The molecule has 6 nitrogen and oxygen atoms in total. The molecule has 1 aromatic carbocycles. The number of hydrogen-bond donors (Lipinski definition) is 2. The monoisotopic (exact) mass is 358 g/mol. The quantitative estimate of drug-likeness (QED) is 0.866. The molecule has 140 valence electrons. The molecule has 26 heavy (non-hydrogen) atoms. The molecule has 1 aliphatic carbocycles. The summed E-state index contributed by atoms with van der Waals surface area (Å²) in [5.74, 6) is -0.929. The number of carbonyl (C=O) groups excluding carboxylic acids is 2. The molecule has 1 saturated heterocycles. The smallest absolute Gasteiger partial charge is 0.306 e. The number of benzene rings is 1. The van der Waals surface area contributed by atoms with Crippen LogP contribution in [0.1, 0.15) is 49.4 Å². The molecule has 1 saturated carbocycles. The van der Waals surface area contributed by atoms with E-state index < -0.39 is 11.9 Å². The average Bonchev–Trinajstić information content (AvgIpc) is 3.13. The zero-order valence-corrected chi connectivity index (χ0v) is 15.1. The Bertz CT molecular complexity index is 678. The summed E-state index contributed by atoms with van der Waals surface area (Å²) in [7, 11) is 0. The number of likely N-dealkylation sites (tertiary alicyclic amines) is 1. The predicted molar refractivity (Wildman–Crippen MR) is 97.8 cm³/mol. The molecular formula is C20H26N2O4. The van der Waals surface area contributed by atoms with Crippen LogP contribution in [0.15, 0.2) is 24.3 Å². The highest BCUT2D eigenvalue weighted by Crippen LogP contribution is 2.32. The van der Waals surface area contributed by atoms with Crippen molar-refractivity contribution in [3.8, 4) is 0 Å². The van der Waals surface area contributed by atoms with Crippen molar-refractivity contribution in [3.05, 3.63) is 29.8 Å². The van der Waals surface area contributed by atoms with E-state index in [4.69, 9.17) is 5.11 Å². The molecule has 1 aliphatic heterocycles. The summed E-state index contributed by atoms with van der Waals surface area (Å²) >= 11 is 0. The maximum Gasteiger partial charge on any atom is 0.306 e. The first kappa shape index (κ1) is 18.4. The van der Waals surface area contributed by atoms with Gasteiger partial charge in [0.15, 0.2) is 0 Å². The number of hydrogen-bond acceptors (Lipinski definition) is 3. The third kappa shape index (κ3) is 4.23. The van der Waals surface area contributed by atoms with Crippen molar-refractivity contribution in [3.63, 3.8) is 0 Å². The van der Waals surface area contributed by atoms with Crippen LogP contribution < -0.4 is 5.32 Å². The van der Waals surface area contributed by atoms with Crippen molar-refractivity contribution >= 4 is 23.5 Å². The number of carboxylic acids is 1. The van der Waals surface area contributed by atoms with E-state index in [1.54, 1.807) is 24.3 Å². The molecular weight excluding hydrogens is 332 g/mol. The molecule has 0 bridgehead atoms. The molecule has 0 radical (unpaired) electrons. The number of carboxylic acid groups (broad SMARTS) is 1. The second-order valence-corrected chi connectivity index (χ2v) is 7.59. The SMILES string of the molecule is CC1CCN(C(=O)c2ccc(NC(=O)[C@@H]3CC[C@H](C(=O)O)C3)cc2)CC1. The van der Waals surface area contributed by atoms with E-state index >= 15 is 0 Å². The van der Waals surface area contributed by atoms with Crippen molar-refractivity contribution < 1.29 is 19.5 Å². The van der Waals surface area contributed by atoms with Gasteiger partial charge in [0.05, 0.1) is 5.92 Å². The van der Waals surface area contributed by atoms with Crippen molar-refractivity contribution in [2.45, 2.75) is 39.0 Å². The summed E-state index contributed by atoms with van der Waals surface area (Å²) in [5.41, 5.74) is 1.27. The van der Waals surface area contributed by atoms with Crippen LogP contribution in [0.25, 0.3) is 0 Å². The maximum absolute atomic E-state index is 12.5. The fraction of sp³-hybridized carbons (Fsp3) is 0.550. The largest absolute Gasteiger partial charge is 0.481 e. The van der Waals surface area contributed by atoms with E-state index in [-0.39, 0.29) is 17.7 Å². The predicted octanol–water partition coefficient (Wildman–Crippen LogP) is 3.00. The third-order valence-electron chi connectivity index (χ3n) is 5.62. The van der Waals surface area contributed by atoms with Gasteiger partial charge in [0.25, 0.3) is 5.91 Å². The van der Waals surface area contributed by atoms with Gasteiger partial charge in [-0.25, -0.2) is 0 Å². The number of piperidine rings is 1. The second kappa shape index (κ2) is 7.89. The minimum Gasteiger partial charge on any atom is -0.481 e. The molecule has 0 aromatic heterocycles. The Balaban J connectivity index is 1.55. The van der Waals surface area contributed by atoms with Gasteiger partial charge >= 0.3 is 5.97 Å². The third-order valence-corrected chi connectivity index (χ3v) is 5.62. The van der Waals surface area contributed by atoms with Crippen LogP contribution in [0.5, 0.6) is 0 Å². The Kier molecular flexibility index (Phi) is 5.59. The highest BCUT2D eigenvalue weighted by Gasteiger charge is 2.33. The summed E-state index contributed by atoms with van der Waals surface area (Å²) in [6.07, 6.45) is 3.63. The number of carbonyl (C=O) groups is 3. The lowest BCUT2D eigenvalue weighted by Gasteiger charge is -2.30. The second-order valence-electron chi connectivity index (χ2n) is 7.59. The van der Waals surface area contributed by atoms with Gasteiger partial charge in [0, 0.05) is 30.3 Å². The van der Waals surface area contributed by atoms with E-state index in [1.165, 1.54) is 0 Å².